The van der Waals surface area contributed by atoms with Gasteiger partial charge in [0, 0.05) is 6.42 Å². The molecule has 1 amide bonds. The molecule has 0 spiro atoms. The Morgan fingerprint density at radius 2 is 0.947 bits per heavy atom. The van der Waals surface area contributed by atoms with Crippen molar-refractivity contribution in [3.63, 3.8) is 0 Å². The van der Waals surface area contributed by atoms with E-state index < -0.39 is 18.2 Å². The zero-order valence-electron chi connectivity index (χ0n) is 37.2. The normalized spacial score (nSPS) is 14.0. The summed E-state index contributed by atoms with van der Waals surface area (Å²) in [4.78, 5) is 26.0. The van der Waals surface area contributed by atoms with E-state index in [1.807, 2.05) is 60.8 Å². The minimum Gasteiger partial charge on any atom is -0.462 e. The van der Waals surface area contributed by atoms with E-state index in [0.717, 1.165) is 57.8 Å². The van der Waals surface area contributed by atoms with Crippen LogP contribution >= 0.6 is 0 Å². The zero-order valence-corrected chi connectivity index (χ0v) is 37.2. The van der Waals surface area contributed by atoms with Crippen LogP contribution in [0.3, 0.4) is 0 Å². The van der Waals surface area contributed by atoms with Gasteiger partial charge < -0.3 is 20.3 Å². The van der Waals surface area contributed by atoms with Gasteiger partial charge in [0.1, 0.15) is 6.10 Å². The van der Waals surface area contributed by atoms with E-state index in [2.05, 4.69) is 38.2 Å². The summed E-state index contributed by atoms with van der Waals surface area (Å²) in [6, 6.07) is -0.725. The first-order valence-electron chi connectivity index (χ1n) is 23.7. The van der Waals surface area contributed by atoms with Crippen molar-refractivity contribution in [2.75, 3.05) is 6.61 Å². The number of carbonyl (C=O) groups is 2. The van der Waals surface area contributed by atoms with E-state index in [4.69, 9.17) is 4.74 Å². The van der Waals surface area contributed by atoms with Crippen LogP contribution in [-0.2, 0) is 14.3 Å². The van der Waals surface area contributed by atoms with Crippen molar-refractivity contribution in [1.29, 1.82) is 0 Å². The van der Waals surface area contributed by atoms with Crippen LogP contribution in [0.1, 0.15) is 213 Å². The number of hydrogen-bond acceptors (Lipinski definition) is 5. The van der Waals surface area contributed by atoms with Gasteiger partial charge in [-0.1, -0.05) is 235 Å². The monoisotopic (exact) mass is 796 g/mol. The fourth-order valence-corrected chi connectivity index (χ4v) is 6.88. The third-order valence-corrected chi connectivity index (χ3v) is 10.5. The Kier molecular flexibility index (Phi) is 42.3. The summed E-state index contributed by atoms with van der Waals surface area (Å²) < 4.78 is 5.88. The van der Waals surface area contributed by atoms with E-state index >= 15 is 0 Å². The molecule has 0 heterocycles. The number of hydrogen-bond donors (Lipinski definition) is 3. The van der Waals surface area contributed by atoms with E-state index in [1.165, 1.54) is 109 Å². The molecule has 0 aliphatic heterocycles. The summed E-state index contributed by atoms with van der Waals surface area (Å²) in [6.07, 6.45) is 55.4. The van der Waals surface area contributed by atoms with Crippen LogP contribution in [0.2, 0.25) is 0 Å². The molecule has 0 fully saturated rings. The first kappa shape index (κ1) is 54.3. The third-order valence-electron chi connectivity index (χ3n) is 10.5. The van der Waals surface area contributed by atoms with Gasteiger partial charge in [0.05, 0.1) is 25.2 Å². The lowest BCUT2D eigenvalue weighted by molar-refractivity contribution is -0.151. The molecule has 0 saturated heterocycles. The van der Waals surface area contributed by atoms with Crippen LogP contribution in [0, 0.1) is 0 Å². The first-order chi connectivity index (χ1) is 28.0. The molecule has 6 heteroatoms. The predicted molar refractivity (Wildman–Crippen MR) is 245 cm³/mol. The molecule has 328 valence electrons. The van der Waals surface area contributed by atoms with Crippen molar-refractivity contribution in [2.24, 2.45) is 0 Å². The third kappa shape index (κ3) is 39.9. The second-order valence-corrected chi connectivity index (χ2v) is 15.9. The van der Waals surface area contributed by atoms with Gasteiger partial charge in [-0.2, -0.15) is 0 Å². The largest absolute Gasteiger partial charge is 0.462 e. The number of aliphatic hydroxyl groups is 2. The van der Waals surface area contributed by atoms with E-state index in [-0.39, 0.29) is 24.9 Å². The number of unbranched alkanes of at least 4 members (excludes halogenated alkanes) is 22. The average Bonchev–Trinajstić information content (AvgIpc) is 3.20. The molecular formula is C51H89NO5. The summed E-state index contributed by atoms with van der Waals surface area (Å²) in [5.41, 5.74) is 0. The molecule has 57 heavy (non-hydrogen) atoms. The Morgan fingerprint density at radius 1 is 0.526 bits per heavy atom. The lowest BCUT2D eigenvalue weighted by Crippen LogP contribution is -2.46. The van der Waals surface area contributed by atoms with Gasteiger partial charge in [-0.25, -0.2) is 0 Å². The summed E-state index contributed by atoms with van der Waals surface area (Å²) >= 11 is 0. The lowest BCUT2D eigenvalue weighted by Gasteiger charge is -2.24. The number of nitrogens with one attached hydrogen (secondary N) is 1. The Balaban J connectivity index is 4.75. The van der Waals surface area contributed by atoms with Crippen molar-refractivity contribution in [3.05, 3.63) is 72.9 Å². The second kappa shape index (κ2) is 44.4. The molecule has 3 atom stereocenters. The quantitative estimate of drug-likeness (QED) is 0.0325. The van der Waals surface area contributed by atoms with Crippen LogP contribution in [0.25, 0.3) is 0 Å². The van der Waals surface area contributed by atoms with Gasteiger partial charge in [-0.05, 0) is 38.5 Å². The molecule has 0 aromatic rings. The molecule has 0 aromatic carbocycles. The number of ether oxygens (including phenoxy) is 1. The van der Waals surface area contributed by atoms with Crippen LogP contribution in [0.4, 0.5) is 0 Å². The highest BCUT2D eigenvalue weighted by Gasteiger charge is 2.24. The molecule has 0 aliphatic rings. The molecule has 3 unspecified atom stereocenters. The summed E-state index contributed by atoms with van der Waals surface area (Å²) in [7, 11) is 0. The average molecular weight is 796 g/mol. The van der Waals surface area contributed by atoms with Gasteiger partial charge in [-0.3, -0.25) is 9.59 Å². The molecule has 0 rings (SSSR count). The maximum Gasteiger partial charge on any atom is 0.306 e. The molecule has 3 N–H and O–H groups in total. The highest BCUT2D eigenvalue weighted by atomic mass is 16.5. The molecule has 6 nitrogen and oxygen atoms in total. The second-order valence-electron chi connectivity index (χ2n) is 15.9. The summed E-state index contributed by atoms with van der Waals surface area (Å²) in [5.74, 6) is -0.551. The fourth-order valence-electron chi connectivity index (χ4n) is 6.88. The standard InChI is InChI=1S/C51H89NO5/c1-4-7-10-13-16-19-21-23-25-26-28-31-33-36-39-42-47(57-51(56)44-41-38-35-32-29-27-24-22-20-17-14-11-8-5-2)45-50(55)52-48(46-53)49(54)43-40-37-34-30-18-15-12-9-6-3/h7,10,13,16,19,21,23,25-26,28,31,33,47-49,53-54H,4-6,8-9,11-12,14-15,17-18,20,22,24,27,29-30,32,34-46H2,1-3H3,(H,52,55)/b10-7-,16-13+,21-19+,25-23-,28-26+,33-31+. The zero-order chi connectivity index (χ0) is 41.7. The number of allylic oxidation sites excluding steroid dienone is 12. The Hall–Kier alpha value is -2.70. The van der Waals surface area contributed by atoms with Crippen LogP contribution < -0.4 is 5.32 Å². The number of amides is 1. The van der Waals surface area contributed by atoms with Crippen LogP contribution in [-0.4, -0.2) is 46.9 Å². The van der Waals surface area contributed by atoms with Crippen LogP contribution in [0.5, 0.6) is 0 Å². The number of esters is 1. The van der Waals surface area contributed by atoms with Gasteiger partial charge in [0.25, 0.3) is 0 Å². The van der Waals surface area contributed by atoms with Crippen LogP contribution in [0.15, 0.2) is 72.9 Å². The van der Waals surface area contributed by atoms with Gasteiger partial charge >= 0.3 is 5.97 Å². The summed E-state index contributed by atoms with van der Waals surface area (Å²) in [5, 5.41) is 23.6. The Labute approximate surface area is 351 Å². The number of aliphatic hydroxyl groups excluding tert-OH is 2. The molecule has 0 aromatic heterocycles. The number of carbonyl (C=O) groups excluding carboxylic acids is 2. The minimum absolute atomic E-state index is 0.0255. The predicted octanol–water partition coefficient (Wildman–Crippen LogP) is 13.8. The van der Waals surface area contributed by atoms with Crippen molar-refractivity contribution >= 4 is 11.9 Å². The summed E-state index contributed by atoms with van der Waals surface area (Å²) in [6.45, 7) is 6.28. The first-order valence-corrected chi connectivity index (χ1v) is 23.7. The van der Waals surface area contributed by atoms with E-state index in [0.29, 0.717) is 19.3 Å². The SMILES string of the molecule is CC\C=C/C=C/C=C/C=C\C=C\C=C\CCCC(CC(=O)NC(CO)C(O)CCCCCCCCCCC)OC(=O)CCCCCCCCCCCCCCCC. The topological polar surface area (TPSA) is 95.9 Å². The number of rotatable bonds is 41. The maximum atomic E-state index is 13.1. The van der Waals surface area contributed by atoms with Crippen molar-refractivity contribution in [1.82, 2.24) is 5.32 Å². The molecular weight excluding hydrogens is 707 g/mol. The minimum atomic E-state index is -0.807. The van der Waals surface area contributed by atoms with Gasteiger partial charge in [-0.15, -0.1) is 0 Å². The molecule has 0 bridgehead atoms. The van der Waals surface area contributed by atoms with Gasteiger partial charge in [0.2, 0.25) is 5.91 Å². The van der Waals surface area contributed by atoms with E-state index in [1.54, 1.807) is 0 Å². The highest BCUT2D eigenvalue weighted by molar-refractivity contribution is 5.77. The highest BCUT2D eigenvalue weighted by Crippen LogP contribution is 2.17. The smallest absolute Gasteiger partial charge is 0.306 e. The Morgan fingerprint density at radius 3 is 1.40 bits per heavy atom. The van der Waals surface area contributed by atoms with Crippen molar-refractivity contribution < 1.29 is 24.5 Å². The van der Waals surface area contributed by atoms with Gasteiger partial charge in [0.15, 0.2) is 0 Å². The molecule has 0 aliphatic carbocycles. The molecule has 0 radical (unpaired) electrons. The fraction of sp³-hybridized carbons (Fsp3) is 0.725. The van der Waals surface area contributed by atoms with Crippen molar-refractivity contribution in [3.8, 4) is 0 Å². The molecule has 0 saturated carbocycles. The van der Waals surface area contributed by atoms with E-state index in [9.17, 15) is 19.8 Å². The van der Waals surface area contributed by atoms with Crippen molar-refractivity contribution in [2.45, 2.75) is 232 Å². The maximum absolute atomic E-state index is 13.1. The lowest BCUT2D eigenvalue weighted by atomic mass is 10.0. The Bertz CT molecular complexity index is 1070.